The average molecular weight is 492 g/mol. The molecule has 1 N–H and O–H groups in total. The molecule has 2 heterocycles. The number of hydrogen-bond acceptors (Lipinski definition) is 6. The van der Waals surface area contributed by atoms with Crippen LogP contribution in [0.15, 0.2) is 65.1 Å². The Balaban J connectivity index is 1.53. The molecule has 0 spiro atoms. The van der Waals surface area contributed by atoms with Crippen molar-refractivity contribution in [3.8, 4) is 11.5 Å². The molecule has 4 rings (SSSR count). The molecule has 182 valence electrons. The van der Waals surface area contributed by atoms with Gasteiger partial charge in [0.15, 0.2) is 11.5 Å². The maximum atomic E-state index is 12.9. The van der Waals surface area contributed by atoms with E-state index in [0.29, 0.717) is 41.6 Å². The van der Waals surface area contributed by atoms with E-state index in [-0.39, 0.29) is 17.7 Å². The standard InChI is InChI=1S/C27H29N3O4S/c1-4-19-16-25(31)30(29-26(19)20-10-13-22(33-3)23(15-20)34-5-2)17-18-8-11-21(12-9-18)28-27(32)24-7-6-14-35-24/h6-15,19H,4-5,16-17H2,1-3H3,(H,28,32). The van der Waals surface area contributed by atoms with Crippen molar-refractivity contribution in [3.63, 3.8) is 0 Å². The van der Waals surface area contributed by atoms with Gasteiger partial charge in [0.1, 0.15) is 0 Å². The van der Waals surface area contributed by atoms with E-state index in [4.69, 9.17) is 14.6 Å². The number of amides is 2. The lowest BCUT2D eigenvalue weighted by Crippen LogP contribution is -2.36. The first-order chi connectivity index (χ1) is 17.0. The predicted octanol–water partition coefficient (Wildman–Crippen LogP) is 5.57. The third kappa shape index (κ3) is 5.71. The van der Waals surface area contributed by atoms with Crippen LogP contribution in [0.2, 0.25) is 0 Å². The van der Waals surface area contributed by atoms with Crippen molar-refractivity contribution >= 4 is 34.6 Å². The number of thiophene rings is 1. The van der Waals surface area contributed by atoms with Crippen LogP contribution in [-0.4, -0.2) is 36.3 Å². The number of hydrogen-bond donors (Lipinski definition) is 1. The average Bonchev–Trinajstić information content (AvgIpc) is 3.42. The minimum atomic E-state index is -0.135. The van der Waals surface area contributed by atoms with Crippen LogP contribution in [0.4, 0.5) is 5.69 Å². The molecule has 8 heteroatoms. The SMILES string of the molecule is CCOc1cc(C2=NN(Cc3ccc(NC(=O)c4cccs4)cc3)C(=O)CC2CC)ccc1OC. The van der Waals surface area contributed by atoms with E-state index in [1.165, 1.54) is 16.3 Å². The van der Waals surface area contributed by atoms with Gasteiger partial charge in [0.05, 0.1) is 30.9 Å². The maximum Gasteiger partial charge on any atom is 0.265 e. The number of nitrogens with zero attached hydrogens (tertiary/aromatic N) is 2. The molecule has 0 bridgehead atoms. The number of carbonyl (C=O) groups is 2. The van der Waals surface area contributed by atoms with Crippen molar-refractivity contribution in [2.45, 2.75) is 33.2 Å². The molecular formula is C27H29N3O4S. The molecule has 1 aliphatic rings. The Hall–Kier alpha value is -3.65. The second-order valence-electron chi connectivity index (χ2n) is 8.17. The largest absolute Gasteiger partial charge is 0.493 e. The van der Waals surface area contributed by atoms with Crippen molar-refractivity contribution in [3.05, 3.63) is 76.0 Å². The molecular weight excluding hydrogens is 462 g/mol. The molecule has 7 nitrogen and oxygen atoms in total. The fourth-order valence-corrected chi connectivity index (χ4v) is 4.63. The summed E-state index contributed by atoms with van der Waals surface area (Å²) in [5, 5.41) is 11.1. The molecule has 0 fully saturated rings. The Morgan fingerprint density at radius 3 is 2.60 bits per heavy atom. The van der Waals surface area contributed by atoms with Crippen LogP contribution in [0.3, 0.4) is 0 Å². The van der Waals surface area contributed by atoms with Gasteiger partial charge < -0.3 is 14.8 Å². The highest BCUT2D eigenvalue weighted by Gasteiger charge is 2.29. The second kappa shape index (κ2) is 11.2. The molecule has 0 saturated carbocycles. The Bertz CT molecular complexity index is 1210. The van der Waals surface area contributed by atoms with E-state index in [0.717, 1.165) is 23.3 Å². The van der Waals surface area contributed by atoms with Crippen molar-refractivity contribution in [2.24, 2.45) is 11.0 Å². The van der Waals surface area contributed by atoms with Crippen molar-refractivity contribution in [1.29, 1.82) is 0 Å². The highest BCUT2D eigenvalue weighted by atomic mass is 32.1. The topological polar surface area (TPSA) is 80.2 Å². The van der Waals surface area contributed by atoms with Crippen LogP contribution in [0.25, 0.3) is 0 Å². The van der Waals surface area contributed by atoms with E-state index in [1.54, 1.807) is 13.2 Å². The normalized spacial score (nSPS) is 15.5. The van der Waals surface area contributed by atoms with Gasteiger partial charge in [-0.1, -0.05) is 25.1 Å². The summed E-state index contributed by atoms with van der Waals surface area (Å²) in [6.45, 7) is 4.88. The number of ether oxygens (including phenoxy) is 2. The Morgan fingerprint density at radius 1 is 1.14 bits per heavy atom. The van der Waals surface area contributed by atoms with Gasteiger partial charge in [0.2, 0.25) is 5.91 Å². The molecule has 1 unspecified atom stereocenters. The molecule has 1 aliphatic heterocycles. The number of benzene rings is 2. The van der Waals surface area contributed by atoms with E-state index in [1.807, 2.05) is 60.8 Å². The maximum absolute atomic E-state index is 12.9. The molecule has 1 atom stereocenters. The van der Waals surface area contributed by atoms with Gasteiger partial charge in [-0.2, -0.15) is 5.10 Å². The number of rotatable bonds is 9. The zero-order chi connectivity index (χ0) is 24.8. The number of nitrogens with one attached hydrogen (secondary N) is 1. The Morgan fingerprint density at radius 2 is 1.94 bits per heavy atom. The zero-order valence-corrected chi connectivity index (χ0v) is 20.9. The lowest BCUT2D eigenvalue weighted by Gasteiger charge is -2.29. The number of methoxy groups -OCH3 is 1. The van der Waals surface area contributed by atoms with Crippen LogP contribution in [0.1, 0.15) is 47.5 Å². The van der Waals surface area contributed by atoms with Crippen LogP contribution in [-0.2, 0) is 11.3 Å². The lowest BCUT2D eigenvalue weighted by atomic mass is 9.89. The number of anilines is 1. The Labute approximate surface area is 209 Å². The van der Waals surface area contributed by atoms with Gasteiger partial charge in [-0.15, -0.1) is 11.3 Å². The lowest BCUT2D eigenvalue weighted by molar-refractivity contribution is -0.133. The van der Waals surface area contributed by atoms with E-state index < -0.39 is 0 Å². The van der Waals surface area contributed by atoms with Crippen molar-refractivity contribution in [1.82, 2.24) is 5.01 Å². The fraction of sp³-hybridized carbons (Fsp3) is 0.296. The molecule has 1 aromatic heterocycles. The summed E-state index contributed by atoms with van der Waals surface area (Å²) in [6, 6.07) is 16.9. The first kappa shape index (κ1) is 24.5. The minimum Gasteiger partial charge on any atom is -0.493 e. The molecule has 2 amide bonds. The van der Waals surface area contributed by atoms with E-state index in [2.05, 4.69) is 12.2 Å². The summed E-state index contributed by atoms with van der Waals surface area (Å²) in [5.74, 6) is 1.23. The third-order valence-corrected chi connectivity index (χ3v) is 6.73. The molecule has 2 aromatic carbocycles. The number of hydrazone groups is 1. The van der Waals surface area contributed by atoms with Gasteiger partial charge in [-0.3, -0.25) is 9.59 Å². The molecule has 35 heavy (non-hydrogen) atoms. The van der Waals surface area contributed by atoms with Crippen molar-refractivity contribution in [2.75, 3.05) is 19.0 Å². The number of carbonyl (C=O) groups excluding carboxylic acids is 2. The van der Waals surface area contributed by atoms with Gasteiger partial charge in [-0.25, -0.2) is 5.01 Å². The molecule has 0 saturated heterocycles. The monoisotopic (exact) mass is 491 g/mol. The second-order valence-corrected chi connectivity index (χ2v) is 9.12. The van der Waals surface area contributed by atoms with E-state index in [9.17, 15) is 9.59 Å². The summed E-state index contributed by atoms with van der Waals surface area (Å²) in [6.07, 6.45) is 1.22. The summed E-state index contributed by atoms with van der Waals surface area (Å²) < 4.78 is 11.2. The van der Waals surface area contributed by atoms with Gasteiger partial charge in [0, 0.05) is 23.6 Å². The predicted molar refractivity (Wildman–Crippen MR) is 138 cm³/mol. The summed E-state index contributed by atoms with van der Waals surface area (Å²) in [5.41, 5.74) is 3.42. The highest BCUT2D eigenvalue weighted by Crippen LogP contribution is 2.32. The zero-order valence-electron chi connectivity index (χ0n) is 20.1. The molecule has 0 aliphatic carbocycles. The minimum absolute atomic E-state index is 0.00535. The van der Waals surface area contributed by atoms with Crippen LogP contribution in [0.5, 0.6) is 11.5 Å². The van der Waals surface area contributed by atoms with Crippen LogP contribution < -0.4 is 14.8 Å². The first-order valence-electron chi connectivity index (χ1n) is 11.7. The Kier molecular flexibility index (Phi) is 7.82. The summed E-state index contributed by atoms with van der Waals surface area (Å²) >= 11 is 1.40. The summed E-state index contributed by atoms with van der Waals surface area (Å²) in [7, 11) is 1.61. The van der Waals surface area contributed by atoms with Gasteiger partial charge in [0.25, 0.3) is 5.91 Å². The first-order valence-corrected chi connectivity index (χ1v) is 12.5. The smallest absolute Gasteiger partial charge is 0.265 e. The highest BCUT2D eigenvalue weighted by molar-refractivity contribution is 7.12. The van der Waals surface area contributed by atoms with E-state index >= 15 is 0 Å². The third-order valence-electron chi connectivity index (χ3n) is 5.87. The fourth-order valence-electron chi connectivity index (χ4n) is 4.01. The molecule has 3 aromatic rings. The summed E-state index contributed by atoms with van der Waals surface area (Å²) in [4.78, 5) is 25.8. The van der Waals surface area contributed by atoms with Crippen LogP contribution >= 0.6 is 11.3 Å². The van der Waals surface area contributed by atoms with Gasteiger partial charge in [-0.05, 0) is 60.7 Å². The quantitative estimate of drug-likeness (QED) is 0.424. The van der Waals surface area contributed by atoms with Crippen molar-refractivity contribution < 1.29 is 19.1 Å². The van der Waals surface area contributed by atoms with Gasteiger partial charge >= 0.3 is 0 Å². The van der Waals surface area contributed by atoms with Crippen LogP contribution in [0, 0.1) is 5.92 Å². The molecule has 0 radical (unpaired) electrons.